The lowest BCUT2D eigenvalue weighted by Gasteiger charge is -2.21. The van der Waals surface area contributed by atoms with Gasteiger partial charge in [-0.1, -0.05) is 30.3 Å². The summed E-state index contributed by atoms with van der Waals surface area (Å²) >= 11 is 0. The van der Waals surface area contributed by atoms with Gasteiger partial charge in [0.05, 0.1) is 18.2 Å². The molecule has 0 unspecified atom stereocenters. The smallest absolute Gasteiger partial charge is 0.222 e. The molecule has 19 heavy (non-hydrogen) atoms. The van der Waals surface area contributed by atoms with E-state index in [9.17, 15) is 4.79 Å². The predicted molar refractivity (Wildman–Crippen MR) is 72.4 cm³/mol. The van der Waals surface area contributed by atoms with Crippen LogP contribution >= 0.6 is 0 Å². The Hall–Kier alpha value is -1.39. The van der Waals surface area contributed by atoms with Gasteiger partial charge in [0.1, 0.15) is 0 Å². The molecule has 1 aromatic carbocycles. The van der Waals surface area contributed by atoms with Crippen LogP contribution < -0.4 is 11.1 Å². The second kappa shape index (κ2) is 5.31. The van der Waals surface area contributed by atoms with Crippen molar-refractivity contribution in [2.75, 3.05) is 0 Å². The molecule has 2 aliphatic rings. The molecular weight excluding hydrogens is 240 g/mol. The average molecular weight is 260 g/mol. The molecule has 0 spiro atoms. The van der Waals surface area contributed by atoms with Crippen LogP contribution in [0, 0.1) is 0 Å². The van der Waals surface area contributed by atoms with Gasteiger partial charge in [-0.15, -0.1) is 0 Å². The summed E-state index contributed by atoms with van der Waals surface area (Å²) in [4.78, 5) is 12.0. The summed E-state index contributed by atoms with van der Waals surface area (Å²) in [6.45, 7) is 0. The number of ether oxygens (including phenoxy) is 1. The van der Waals surface area contributed by atoms with Gasteiger partial charge in [-0.05, 0) is 24.8 Å². The van der Waals surface area contributed by atoms with Crippen molar-refractivity contribution < 1.29 is 9.53 Å². The maximum atomic E-state index is 12.0. The van der Waals surface area contributed by atoms with Crippen LogP contribution in [0.1, 0.15) is 37.3 Å². The maximum absolute atomic E-state index is 12.0. The van der Waals surface area contributed by atoms with Crippen LogP contribution in [0.3, 0.4) is 0 Å². The molecule has 0 radical (unpaired) electrons. The summed E-state index contributed by atoms with van der Waals surface area (Å²) in [5, 5.41) is 3.07. The Kier molecular flexibility index (Phi) is 3.53. The SMILES string of the molecule is N[C@@H](CC(=O)N[C@H]1C[C@H]2CC[C@H]1O2)c1ccccc1. The molecule has 2 aliphatic heterocycles. The molecule has 102 valence electrons. The first kappa shape index (κ1) is 12.6. The molecule has 4 atom stereocenters. The molecule has 3 N–H and O–H groups in total. The van der Waals surface area contributed by atoms with E-state index in [2.05, 4.69) is 5.32 Å². The molecule has 3 rings (SSSR count). The topological polar surface area (TPSA) is 64.4 Å². The van der Waals surface area contributed by atoms with E-state index in [1.807, 2.05) is 30.3 Å². The minimum atomic E-state index is -0.235. The van der Waals surface area contributed by atoms with E-state index in [1.165, 1.54) is 0 Å². The quantitative estimate of drug-likeness (QED) is 0.862. The zero-order valence-electron chi connectivity index (χ0n) is 10.9. The van der Waals surface area contributed by atoms with E-state index < -0.39 is 0 Å². The van der Waals surface area contributed by atoms with E-state index in [0.717, 1.165) is 24.8 Å². The third kappa shape index (κ3) is 2.80. The number of nitrogens with one attached hydrogen (secondary N) is 1. The van der Waals surface area contributed by atoms with Crippen molar-refractivity contribution in [3.8, 4) is 0 Å². The first-order valence-electron chi connectivity index (χ1n) is 6.98. The minimum absolute atomic E-state index is 0.0255. The summed E-state index contributed by atoms with van der Waals surface area (Å²) in [5.74, 6) is 0.0255. The van der Waals surface area contributed by atoms with E-state index in [1.54, 1.807) is 0 Å². The van der Waals surface area contributed by atoms with Crippen molar-refractivity contribution in [2.45, 2.75) is 50.0 Å². The highest BCUT2D eigenvalue weighted by Gasteiger charge is 2.41. The molecular formula is C15H20N2O2. The highest BCUT2D eigenvalue weighted by molar-refractivity contribution is 5.77. The summed E-state index contributed by atoms with van der Waals surface area (Å²) in [5.41, 5.74) is 7.06. The van der Waals surface area contributed by atoms with Gasteiger partial charge in [-0.3, -0.25) is 4.79 Å². The number of amides is 1. The second-order valence-electron chi connectivity index (χ2n) is 5.50. The Bertz CT molecular complexity index is 449. The van der Waals surface area contributed by atoms with Gasteiger partial charge >= 0.3 is 0 Å². The number of nitrogens with two attached hydrogens (primary N) is 1. The number of benzene rings is 1. The number of fused-ring (bicyclic) bond motifs is 2. The van der Waals surface area contributed by atoms with Crippen molar-refractivity contribution in [3.63, 3.8) is 0 Å². The fourth-order valence-electron chi connectivity index (χ4n) is 3.07. The van der Waals surface area contributed by atoms with Crippen molar-refractivity contribution in [1.29, 1.82) is 0 Å². The van der Waals surface area contributed by atoms with Crippen LogP contribution in [-0.4, -0.2) is 24.2 Å². The third-order valence-electron chi connectivity index (χ3n) is 4.09. The molecule has 4 nitrogen and oxygen atoms in total. The largest absolute Gasteiger partial charge is 0.373 e. The molecule has 0 aromatic heterocycles. The Morgan fingerprint density at radius 1 is 1.37 bits per heavy atom. The Balaban J connectivity index is 1.51. The molecule has 4 heteroatoms. The first-order valence-corrected chi connectivity index (χ1v) is 6.98. The third-order valence-corrected chi connectivity index (χ3v) is 4.09. The molecule has 0 aliphatic carbocycles. The van der Waals surface area contributed by atoms with E-state index in [4.69, 9.17) is 10.5 Å². The van der Waals surface area contributed by atoms with Crippen LogP contribution in [0.15, 0.2) is 30.3 Å². The molecule has 2 fully saturated rings. The molecule has 2 heterocycles. The summed E-state index contributed by atoms with van der Waals surface area (Å²) < 4.78 is 5.73. The molecule has 2 bridgehead atoms. The molecule has 1 aromatic rings. The van der Waals surface area contributed by atoms with Gasteiger partial charge in [-0.2, -0.15) is 0 Å². The summed E-state index contributed by atoms with van der Waals surface area (Å²) in [7, 11) is 0. The van der Waals surface area contributed by atoms with Crippen molar-refractivity contribution in [2.24, 2.45) is 5.73 Å². The lowest BCUT2D eigenvalue weighted by atomic mass is 9.95. The lowest BCUT2D eigenvalue weighted by molar-refractivity contribution is -0.122. The number of carbonyl (C=O) groups excluding carboxylic acids is 1. The van der Waals surface area contributed by atoms with E-state index >= 15 is 0 Å². The van der Waals surface area contributed by atoms with Crippen LogP contribution in [-0.2, 0) is 9.53 Å². The fraction of sp³-hybridized carbons (Fsp3) is 0.533. The maximum Gasteiger partial charge on any atom is 0.222 e. The van der Waals surface area contributed by atoms with Gasteiger partial charge in [0.15, 0.2) is 0 Å². The van der Waals surface area contributed by atoms with E-state index in [0.29, 0.717) is 12.5 Å². The Morgan fingerprint density at radius 2 is 2.16 bits per heavy atom. The summed E-state index contributed by atoms with van der Waals surface area (Å²) in [6, 6.07) is 9.70. The van der Waals surface area contributed by atoms with Crippen molar-refractivity contribution in [3.05, 3.63) is 35.9 Å². The van der Waals surface area contributed by atoms with Crippen LogP contribution in [0.5, 0.6) is 0 Å². The first-order chi connectivity index (χ1) is 9.22. The fourth-order valence-corrected chi connectivity index (χ4v) is 3.07. The number of carbonyl (C=O) groups is 1. The zero-order valence-corrected chi connectivity index (χ0v) is 10.9. The molecule has 1 amide bonds. The zero-order chi connectivity index (χ0) is 13.2. The predicted octanol–water partition coefficient (Wildman–Crippen LogP) is 1.51. The minimum Gasteiger partial charge on any atom is -0.373 e. The van der Waals surface area contributed by atoms with Gasteiger partial charge in [0, 0.05) is 12.5 Å². The lowest BCUT2D eigenvalue weighted by Crippen LogP contribution is -2.42. The Morgan fingerprint density at radius 3 is 2.79 bits per heavy atom. The monoisotopic (exact) mass is 260 g/mol. The van der Waals surface area contributed by atoms with E-state index in [-0.39, 0.29) is 24.1 Å². The van der Waals surface area contributed by atoms with Gasteiger partial charge in [0.25, 0.3) is 0 Å². The number of hydrogen-bond donors (Lipinski definition) is 2. The van der Waals surface area contributed by atoms with Crippen LogP contribution in [0.2, 0.25) is 0 Å². The normalized spacial score (nSPS) is 30.3. The standard InChI is InChI=1S/C15H20N2O2/c16-12(10-4-2-1-3-5-10)9-15(18)17-13-8-11-6-7-14(13)19-11/h1-5,11-14H,6-9,16H2,(H,17,18)/t11-,12+,13+,14-/m1/s1. The highest BCUT2D eigenvalue weighted by atomic mass is 16.5. The van der Waals surface area contributed by atoms with Gasteiger partial charge in [-0.25, -0.2) is 0 Å². The highest BCUT2D eigenvalue weighted by Crippen LogP contribution is 2.34. The van der Waals surface area contributed by atoms with Crippen molar-refractivity contribution >= 4 is 5.91 Å². The van der Waals surface area contributed by atoms with Gasteiger partial charge in [0.2, 0.25) is 5.91 Å². The second-order valence-corrected chi connectivity index (χ2v) is 5.50. The van der Waals surface area contributed by atoms with Crippen LogP contribution in [0.25, 0.3) is 0 Å². The van der Waals surface area contributed by atoms with Gasteiger partial charge < -0.3 is 15.8 Å². The molecule has 2 saturated heterocycles. The number of rotatable bonds is 4. The number of hydrogen-bond acceptors (Lipinski definition) is 3. The van der Waals surface area contributed by atoms with Crippen LogP contribution in [0.4, 0.5) is 0 Å². The Labute approximate surface area is 113 Å². The average Bonchev–Trinajstić information content (AvgIpc) is 3.02. The summed E-state index contributed by atoms with van der Waals surface area (Å²) in [6.07, 6.45) is 4.08. The van der Waals surface area contributed by atoms with Crippen molar-refractivity contribution in [1.82, 2.24) is 5.32 Å². The molecule has 0 saturated carbocycles.